The molecule has 0 radical (unpaired) electrons. The highest BCUT2D eigenvalue weighted by atomic mass is 32.2. The van der Waals surface area contributed by atoms with E-state index in [1.54, 1.807) is 24.3 Å². The lowest BCUT2D eigenvalue weighted by Crippen LogP contribution is -2.34. The third kappa shape index (κ3) is 4.70. The van der Waals surface area contributed by atoms with E-state index in [1.165, 1.54) is 0 Å². The molecule has 26 heavy (non-hydrogen) atoms. The largest absolute Gasteiger partial charge is 0.287 e. The van der Waals surface area contributed by atoms with Gasteiger partial charge in [0.1, 0.15) is 0 Å². The molecule has 0 aromatic heterocycles. The molecule has 0 bridgehead atoms. The number of nitrogens with zero attached hydrogens (tertiary/aromatic N) is 2. The number of nitrogens with one attached hydrogen (secondary N) is 1. The van der Waals surface area contributed by atoms with Crippen molar-refractivity contribution in [1.29, 1.82) is 0 Å². The van der Waals surface area contributed by atoms with Crippen molar-refractivity contribution in [2.24, 2.45) is 11.0 Å². The first-order valence-corrected chi connectivity index (χ1v) is 10.7. The van der Waals surface area contributed by atoms with Crippen LogP contribution in [0.4, 0.5) is 0 Å². The number of piperidine rings is 1. The molecule has 7 heteroatoms. The van der Waals surface area contributed by atoms with E-state index in [2.05, 4.69) is 24.0 Å². The lowest BCUT2D eigenvalue weighted by atomic mass is 9.90. The molecule has 1 heterocycles. The van der Waals surface area contributed by atoms with E-state index in [1.807, 2.05) is 37.3 Å². The summed E-state index contributed by atoms with van der Waals surface area (Å²) in [7, 11) is -0.954. The Hall–Kier alpha value is -1.75. The van der Waals surface area contributed by atoms with Gasteiger partial charge in [0.15, 0.2) is 0 Å². The van der Waals surface area contributed by atoms with Crippen molar-refractivity contribution < 1.29 is 8.42 Å². The van der Waals surface area contributed by atoms with Gasteiger partial charge in [-0.25, -0.2) is 0 Å². The van der Waals surface area contributed by atoms with Gasteiger partial charge in [-0.15, -0.1) is 0 Å². The minimum absolute atomic E-state index is 0.185. The Morgan fingerprint density at radius 2 is 1.85 bits per heavy atom. The summed E-state index contributed by atoms with van der Waals surface area (Å²) < 4.78 is 27.4. The van der Waals surface area contributed by atoms with Crippen LogP contribution in [0.1, 0.15) is 24.0 Å². The molecule has 0 spiro atoms. The number of hydrogen-bond donors (Lipinski definition) is 1. The first-order valence-electron chi connectivity index (χ1n) is 8.67. The van der Waals surface area contributed by atoms with Crippen LogP contribution in [0.3, 0.4) is 0 Å². The standard InChI is InChI=1S/C19H24N3O2PS/c1-15-9-11-18(12-10-15)26(23,24)21-20-19(16-6-3-2-4-7-16)17-8-5-13-22(25)14-17/h2-4,6-7,9-12,17,21H,5,8,13-14,25H2,1H3. The Morgan fingerprint density at radius 3 is 2.50 bits per heavy atom. The fraction of sp³-hybridized carbons (Fsp3) is 0.316. The molecule has 1 N–H and O–H groups in total. The summed E-state index contributed by atoms with van der Waals surface area (Å²) in [6, 6.07) is 16.5. The molecule has 1 saturated heterocycles. The molecule has 1 aliphatic heterocycles. The maximum absolute atomic E-state index is 12.6. The fourth-order valence-electron chi connectivity index (χ4n) is 3.11. The predicted molar refractivity (Wildman–Crippen MR) is 108 cm³/mol. The van der Waals surface area contributed by atoms with Gasteiger partial charge in [-0.3, -0.25) is 4.67 Å². The fourth-order valence-corrected chi connectivity index (χ4v) is 4.36. The van der Waals surface area contributed by atoms with Crippen molar-refractivity contribution in [2.45, 2.75) is 24.7 Å². The molecular weight excluding hydrogens is 365 g/mol. The topological polar surface area (TPSA) is 61.8 Å². The number of sulfonamides is 1. The van der Waals surface area contributed by atoms with Crippen molar-refractivity contribution in [3.05, 3.63) is 65.7 Å². The summed E-state index contributed by atoms with van der Waals surface area (Å²) in [5, 5.41) is 4.37. The van der Waals surface area contributed by atoms with Gasteiger partial charge >= 0.3 is 0 Å². The SMILES string of the molecule is Cc1ccc(S(=O)(=O)NN=C(c2ccccc2)C2CCCN(P)C2)cc1. The summed E-state index contributed by atoms with van der Waals surface area (Å²) in [6.45, 7) is 3.79. The van der Waals surface area contributed by atoms with E-state index in [4.69, 9.17) is 0 Å². The first-order chi connectivity index (χ1) is 12.5. The molecule has 0 amide bonds. The minimum atomic E-state index is -3.69. The third-order valence-corrected chi connectivity index (χ3v) is 6.22. The van der Waals surface area contributed by atoms with Gasteiger partial charge in [0.2, 0.25) is 0 Å². The van der Waals surface area contributed by atoms with Crippen molar-refractivity contribution in [1.82, 2.24) is 9.50 Å². The molecule has 0 saturated carbocycles. The zero-order valence-electron chi connectivity index (χ0n) is 14.8. The summed E-state index contributed by atoms with van der Waals surface area (Å²) in [4.78, 5) is 2.66. The van der Waals surface area contributed by atoms with Crippen molar-refractivity contribution in [3.8, 4) is 0 Å². The number of hydrogen-bond acceptors (Lipinski definition) is 4. The summed E-state index contributed by atoms with van der Waals surface area (Å²) >= 11 is 0. The molecule has 2 aromatic rings. The van der Waals surface area contributed by atoms with Gasteiger partial charge in [0.25, 0.3) is 10.0 Å². The normalized spacial score (nSPS) is 19.3. The van der Waals surface area contributed by atoms with Crippen LogP contribution in [0.5, 0.6) is 0 Å². The van der Waals surface area contributed by atoms with Crippen LogP contribution < -0.4 is 4.83 Å². The van der Waals surface area contributed by atoms with Crippen LogP contribution in [-0.4, -0.2) is 31.9 Å². The van der Waals surface area contributed by atoms with E-state index in [9.17, 15) is 8.42 Å². The maximum atomic E-state index is 12.6. The maximum Gasteiger partial charge on any atom is 0.276 e. The van der Waals surface area contributed by atoms with Gasteiger partial charge in [-0.05, 0) is 37.5 Å². The lowest BCUT2D eigenvalue weighted by Gasteiger charge is -2.30. The lowest BCUT2D eigenvalue weighted by molar-refractivity contribution is 0.337. The smallest absolute Gasteiger partial charge is 0.276 e. The van der Waals surface area contributed by atoms with Crippen LogP contribution >= 0.6 is 9.39 Å². The average Bonchev–Trinajstić information content (AvgIpc) is 2.63. The second-order valence-electron chi connectivity index (χ2n) is 6.60. The van der Waals surface area contributed by atoms with Gasteiger partial charge in [0, 0.05) is 19.0 Å². The van der Waals surface area contributed by atoms with Crippen LogP contribution in [0.15, 0.2) is 64.6 Å². The van der Waals surface area contributed by atoms with E-state index in [-0.39, 0.29) is 10.8 Å². The van der Waals surface area contributed by atoms with E-state index in [0.29, 0.717) is 0 Å². The first kappa shape index (κ1) is 19.0. The van der Waals surface area contributed by atoms with Gasteiger partial charge in [-0.1, -0.05) is 57.4 Å². The Bertz CT molecular complexity index is 867. The highest BCUT2D eigenvalue weighted by molar-refractivity contribution is 7.89. The van der Waals surface area contributed by atoms with E-state index in [0.717, 1.165) is 42.8 Å². The molecule has 2 atom stereocenters. The molecule has 2 aromatic carbocycles. The molecular formula is C19H24N3O2PS. The van der Waals surface area contributed by atoms with E-state index < -0.39 is 10.0 Å². The molecule has 138 valence electrons. The van der Waals surface area contributed by atoms with Gasteiger partial charge in [-0.2, -0.15) is 18.4 Å². The van der Waals surface area contributed by atoms with Gasteiger partial charge in [0.05, 0.1) is 10.6 Å². The Balaban J connectivity index is 1.90. The van der Waals surface area contributed by atoms with Crippen LogP contribution in [0.25, 0.3) is 0 Å². The molecule has 0 aliphatic carbocycles. The molecule has 2 unspecified atom stereocenters. The van der Waals surface area contributed by atoms with Crippen LogP contribution in [0, 0.1) is 12.8 Å². The minimum Gasteiger partial charge on any atom is -0.287 e. The summed E-state index contributed by atoms with van der Waals surface area (Å²) in [5.74, 6) is 0.185. The number of hydrazone groups is 1. The molecule has 3 rings (SSSR count). The summed E-state index contributed by atoms with van der Waals surface area (Å²) in [6.07, 6.45) is 2.05. The third-order valence-electron chi connectivity index (χ3n) is 4.53. The van der Waals surface area contributed by atoms with Crippen molar-refractivity contribution in [2.75, 3.05) is 13.1 Å². The zero-order chi connectivity index (χ0) is 18.6. The second-order valence-corrected chi connectivity index (χ2v) is 9.00. The second kappa shape index (κ2) is 8.30. The predicted octanol–water partition coefficient (Wildman–Crippen LogP) is 3.18. The highest BCUT2D eigenvalue weighted by Gasteiger charge is 2.24. The molecule has 1 fully saturated rings. The van der Waals surface area contributed by atoms with Crippen LogP contribution in [-0.2, 0) is 10.0 Å². The van der Waals surface area contributed by atoms with E-state index >= 15 is 0 Å². The highest BCUT2D eigenvalue weighted by Crippen LogP contribution is 2.23. The Labute approximate surface area is 157 Å². The van der Waals surface area contributed by atoms with Crippen LogP contribution in [0.2, 0.25) is 0 Å². The Kier molecular flexibility index (Phi) is 6.07. The number of aryl methyl sites for hydroxylation is 1. The average molecular weight is 389 g/mol. The summed E-state index contributed by atoms with van der Waals surface area (Å²) in [5.41, 5.74) is 2.75. The zero-order valence-corrected chi connectivity index (χ0v) is 16.8. The molecule has 1 aliphatic rings. The van der Waals surface area contributed by atoms with Crippen molar-refractivity contribution >= 4 is 25.1 Å². The monoisotopic (exact) mass is 389 g/mol. The quantitative estimate of drug-likeness (QED) is 0.485. The molecule has 5 nitrogen and oxygen atoms in total. The van der Waals surface area contributed by atoms with Gasteiger partial charge < -0.3 is 0 Å². The van der Waals surface area contributed by atoms with Crippen molar-refractivity contribution in [3.63, 3.8) is 0 Å². The Morgan fingerprint density at radius 1 is 1.15 bits per heavy atom. The number of rotatable bonds is 5. The number of benzene rings is 2.